The molecular formula is C28H36N2O2. The lowest BCUT2D eigenvalue weighted by atomic mass is 9.51. The molecule has 32 heavy (non-hydrogen) atoms. The van der Waals surface area contributed by atoms with Crippen LogP contribution in [0.5, 0.6) is 5.75 Å². The lowest BCUT2D eigenvalue weighted by Crippen LogP contribution is -2.66. The third kappa shape index (κ3) is 3.39. The van der Waals surface area contributed by atoms with Crippen molar-refractivity contribution in [3.8, 4) is 5.75 Å². The van der Waals surface area contributed by atoms with Crippen molar-refractivity contribution in [2.24, 2.45) is 5.41 Å². The van der Waals surface area contributed by atoms with Crippen LogP contribution in [0.25, 0.3) is 0 Å². The first-order chi connectivity index (χ1) is 15.4. The van der Waals surface area contributed by atoms with E-state index in [4.69, 9.17) is 4.74 Å². The van der Waals surface area contributed by atoms with Gasteiger partial charge in [0, 0.05) is 31.1 Å². The number of hydrogen-bond acceptors (Lipinski definition) is 2. The maximum absolute atomic E-state index is 13.6. The van der Waals surface area contributed by atoms with Gasteiger partial charge >= 0.3 is 6.03 Å². The Hall–Kier alpha value is -2.49. The largest absolute Gasteiger partial charge is 0.489 e. The second-order valence-electron chi connectivity index (χ2n) is 10.6. The number of carbonyl (C=O) groups excluding carboxylic acids is 1. The summed E-state index contributed by atoms with van der Waals surface area (Å²) in [5.41, 5.74) is 3.91. The SMILES string of the molecule is CC1(C)[C@H]2Cc3c(OCc4ccccc4)cccc3[C@]1(C)CCN2C(=O)N1CCCCC1. The number of carbonyl (C=O) groups is 1. The van der Waals surface area contributed by atoms with Crippen LogP contribution in [0, 0.1) is 5.41 Å². The summed E-state index contributed by atoms with van der Waals surface area (Å²) in [6.45, 7) is 10.4. The highest BCUT2D eigenvalue weighted by atomic mass is 16.5. The molecule has 0 saturated carbocycles. The van der Waals surface area contributed by atoms with E-state index in [2.05, 4.69) is 73.0 Å². The summed E-state index contributed by atoms with van der Waals surface area (Å²) in [6, 6.07) is 17.3. The predicted octanol–water partition coefficient (Wildman–Crippen LogP) is 5.79. The van der Waals surface area contributed by atoms with E-state index < -0.39 is 0 Å². The third-order valence-electron chi connectivity index (χ3n) is 8.72. The van der Waals surface area contributed by atoms with Gasteiger partial charge in [-0.05, 0) is 60.3 Å². The monoisotopic (exact) mass is 432 g/mol. The molecule has 5 rings (SSSR count). The van der Waals surface area contributed by atoms with Crippen LogP contribution in [-0.4, -0.2) is 41.5 Å². The number of benzene rings is 2. The van der Waals surface area contributed by atoms with Crippen LogP contribution in [0.15, 0.2) is 48.5 Å². The Morgan fingerprint density at radius 3 is 2.47 bits per heavy atom. The molecule has 2 saturated heterocycles. The lowest BCUT2D eigenvalue weighted by molar-refractivity contribution is -0.0248. The van der Waals surface area contributed by atoms with E-state index in [1.54, 1.807) is 0 Å². The smallest absolute Gasteiger partial charge is 0.320 e. The number of nitrogens with zero attached hydrogens (tertiary/aromatic N) is 2. The summed E-state index contributed by atoms with van der Waals surface area (Å²) in [7, 11) is 0. The van der Waals surface area contributed by atoms with Crippen molar-refractivity contribution in [3.63, 3.8) is 0 Å². The highest BCUT2D eigenvalue weighted by molar-refractivity contribution is 5.76. The minimum absolute atomic E-state index is 0.00174. The van der Waals surface area contributed by atoms with Crippen LogP contribution in [0.3, 0.4) is 0 Å². The van der Waals surface area contributed by atoms with E-state index in [1.165, 1.54) is 23.1 Å². The number of likely N-dealkylation sites (tertiary alicyclic amines) is 2. The van der Waals surface area contributed by atoms with Gasteiger partial charge in [-0.3, -0.25) is 0 Å². The number of fused-ring (bicyclic) bond motifs is 4. The van der Waals surface area contributed by atoms with Crippen LogP contribution in [0.2, 0.25) is 0 Å². The van der Waals surface area contributed by atoms with Crippen LogP contribution in [-0.2, 0) is 18.4 Å². The molecule has 0 aromatic heterocycles. The molecule has 2 bridgehead atoms. The van der Waals surface area contributed by atoms with Gasteiger partial charge in [-0.1, -0.05) is 63.2 Å². The molecule has 0 N–H and O–H groups in total. The first kappa shape index (κ1) is 21.4. The fourth-order valence-electron chi connectivity index (χ4n) is 6.28. The highest BCUT2D eigenvalue weighted by Gasteiger charge is 2.57. The van der Waals surface area contributed by atoms with Gasteiger partial charge in [0.2, 0.25) is 0 Å². The first-order valence-corrected chi connectivity index (χ1v) is 12.3. The summed E-state index contributed by atoms with van der Waals surface area (Å²) in [6.07, 6.45) is 5.36. The fraction of sp³-hybridized carbons (Fsp3) is 0.536. The lowest BCUT2D eigenvalue weighted by Gasteiger charge is -2.61. The molecule has 2 atom stereocenters. The molecule has 2 amide bonds. The van der Waals surface area contributed by atoms with E-state index in [-0.39, 0.29) is 22.9 Å². The van der Waals surface area contributed by atoms with E-state index in [0.29, 0.717) is 6.61 Å². The van der Waals surface area contributed by atoms with Crippen LogP contribution >= 0.6 is 0 Å². The number of hydrogen-bond donors (Lipinski definition) is 0. The topological polar surface area (TPSA) is 32.8 Å². The Balaban J connectivity index is 1.47. The minimum Gasteiger partial charge on any atom is -0.489 e. The molecule has 1 aliphatic carbocycles. The van der Waals surface area contributed by atoms with Gasteiger partial charge in [-0.25, -0.2) is 4.79 Å². The van der Waals surface area contributed by atoms with Crippen LogP contribution in [0.1, 0.15) is 63.1 Å². The van der Waals surface area contributed by atoms with E-state index in [1.807, 2.05) is 6.07 Å². The van der Waals surface area contributed by atoms with Gasteiger partial charge in [0.15, 0.2) is 0 Å². The molecule has 2 aliphatic heterocycles. The van der Waals surface area contributed by atoms with Gasteiger partial charge in [0.05, 0.1) is 0 Å². The Labute approximate surface area is 192 Å². The average molecular weight is 433 g/mol. The van der Waals surface area contributed by atoms with Crippen molar-refractivity contribution in [1.82, 2.24) is 9.80 Å². The second kappa shape index (κ2) is 8.13. The molecule has 2 fully saturated rings. The Kier molecular flexibility index (Phi) is 5.43. The molecule has 0 spiro atoms. The van der Waals surface area contributed by atoms with Gasteiger partial charge in [0.1, 0.15) is 12.4 Å². The van der Waals surface area contributed by atoms with Crippen LogP contribution in [0.4, 0.5) is 4.79 Å². The van der Waals surface area contributed by atoms with E-state index >= 15 is 0 Å². The van der Waals surface area contributed by atoms with Crippen molar-refractivity contribution >= 4 is 6.03 Å². The first-order valence-electron chi connectivity index (χ1n) is 12.3. The maximum Gasteiger partial charge on any atom is 0.320 e. The molecule has 3 aliphatic rings. The Morgan fingerprint density at radius 1 is 0.969 bits per heavy atom. The zero-order valence-electron chi connectivity index (χ0n) is 19.8. The number of ether oxygens (including phenoxy) is 1. The van der Waals surface area contributed by atoms with Gasteiger partial charge < -0.3 is 14.5 Å². The molecule has 4 heteroatoms. The van der Waals surface area contributed by atoms with Crippen LogP contribution < -0.4 is 4.74 Å². The number of urea groups is 1. The number of rotatable bonds is 3. The number of amides is 2. The standard InChI is InChI=1S/C28H36N2O2/c1-27(2)25-19-22-23(13-10-14-24(22)32-20-21-11-6-4-7-12-21)28(27,3)15-18-30(25)26(31)29-16-8-5-9-17-29/h4,6-7,10-14,25H,5,8-9,15-20H2,1-3H3/t25-,28+/m1/s1. The average Bonchev–Trinajstić information content (AvgIpc) is 2.81. The predicted molar refractivity (Wildman–Crippen MR) is 128 cm³/mol. The van der Waals surface area contributed by atoms with Gasteiger partial charge in [-0.2, -0.15) is 0 Å². The molecule has 2 heterocycles. The normalized spacial score (nSPS) is 26.4. The molecule has 170 valence electrons. The maximum atomic E-state index is 13.6. The molecule has 0 radical (unpaired) electrons. The van der Waals surface area contributed by atoms with Crippen molar-refractivity contribution in [1.29, 1.82) is 0 Å². The zero-order chi connectivity index (χ0) is 22.3. The summed E-state index contributed by atoms with van der Waals surface area (Å²) in [5, 5.41) is 0. The fourth-order valence-corrected chi connectivity index (χ4v) is 6.28. The summed E-state index contributed by atoms with van der Waals surface area (Å²) in [5.74, 6) is 0.977. The zero-order valence-corrected chi connectivity index (χ0v) is 19.8. The van der Waals surface area contributed by atoms with Crippen molar-refractivity contribution in [2.45, 2.75) is 70.9 Å². The van der Waals surface area contributed by atoms with E-state index in [9.17, 15) is 4.79 Å². The highest BCUT2D eigenvalue weighted by Crippen LogP contribution is 2.57. The van der Waals surface area contributed by atoms with Crippen molar-refractivity contribution in [3.05, 3.63) is 65.2 Å². The second-order valence-corrected chi connectivity index (χ2v) is 10.6. The molecule has 2 aromatic carbocycles. The molecule has 0 unspecified atom stereocenters. The molecule has 2 aromatic rings. The van der Waals surface area contributed by atoms with Crippen molar-refractivity contribution < 1.29 is 9.53 Å². The van der Waals surface area contributed by atoms with Gasteiger partial charge in [0.25, 0.3) is 0 Å². The van der Waals surface area contributed by atoms with Crippen molar-refractivity contribution in [2.75, 3.05) is 19.6 Å². The minimum atomic E-state index is 0.00174. The van der Waals surface area contributed by atoms with E-state index in [0.717, 1.165) is 51.1 Å². The third-order valence-corrected chi connectivity index (χ3v) is 8.72. The summed E-state index contributed by atoms with van der Waals surface area (Å²) < 4.78 is 6.37. The summed E-state index contributed by atoms with van der Waals surface area (Å²) >= 11 is 0. The Morgan fingerprint density at radius 2 is 1.72 bits per heavy atom. The quantitative estimate of drug-likeness (QED) is 0.615. The number of piperidine rings is 2. The Bertz CT molecular complexity index is 980. The molecular weight excluding hydrogens is 396 g/mol. The van der Waals surface area contributed by atoms with Gasteiger partial charge in [-0.15, -0.1) is 0 Å². The summed E-state index contributed by atoms with van der Waals surface area (Å²) in [4.78, 5) is 17.9. The molecule has 4 nitrogen and oxygen atoms in total.